The highest BCUT2D eigenvalue weighted by molar-refractivity contribution is 5.94. The summed E-state index contributed by atoms with van der Waals surface area (Å²) in [7, 11) is 3.42. The predicted octanol–water partition coefficient (Wildman–Crippen LogP) is 3.00. The number of carbonyl (C=O) groups is 1. The zero-order chi connectivity index (χ0) is 16.8. The molecule has 1 amide bonds. The summed E-state index contributed by atoms with van der Waals surface area (Å²) in [6.07, 6.45) is -3.58. The van der Waals surface area contributed by atoms with Gasteiger partial charge < -0.3 is 10.1 Å². The van der Waals surface area contributed by atoms with E-state index in [0.717, 1.165) is 18.6 Å². The van der Waals surface area contributed by atoms with Crippen molar-refractivity contribution in [2.24, 2.45) is 0 Å². The van der Waals surface area contributed by atoms with Crippen LogP contribution in [0.25, 0.3) is 0 Å². The van der Waals surface area contributed by atoms with Gasteiger partial charge in [0.25, 0.3) is 0 Å². The smallest absolute Gasteiger partial charge is 0.385 e. The van der Waals surface area contributed by atoms with E-state index in [1.54, 1.807) is 14.0 Å². The van der Waals surface area contributed by atoms with E-state index >= 15 is 0 Å². The Morgan fingerprint density at radius 1 is 1.32 bits per heavy atom. The normalized spacial score (nSPS) is 13.2. The summed E-state index contributed by atoms with van der Waals surface area (Å²) < 4.78 is 42.3. The number of likely N-dealkylation sites (N-methyl/N-ethyl adjacent to an activating group) is 1. The Kier molecular flexibility index (Phi) is 6.83. The fourth-order valence-corrected chi connectivity index (χ4v) is 1.84. The number of nitrogens with one attached hydrogen (secondary N) is 1. The second-order valence-corrected chi connectivity index (χ2v) is 5.07. The van der Waals surface area contributed by atoms with Crippen molar-refractivity contribution < 1.29 is 22.7 Å². The van der Waals surface area contributed by atoms with Gasteiger partial charge in [0, 0.05) is 25.9 Å². The highest BCUT2D eigenvalue weighted by atomic mass is 19.4. The number of halogens is 3. The van der Waals surface area contributed by atoms with Gasteiger partial charge in [-0.1, -0.05) is 0 Å². The molecule has 0 spiro atoms. The molecule has 1 atom stereocenters. The molecule has 0 aromatic heterocycles. The lowest BCUT2D eigenvalue weighted by Crippen LogP contribution is -2.40. The van der Waals surface area contributed by atoms with Crippen molar-refractivity contribution in [3.63, 3.8) is 0 Å². The van der Waals surface area contributed by atoms with Crippen molar-refractivity contribution in [3.8, 4) is 0 Å². The third kappa shape index (κ3) is 5.65. The van der Waals surface area contributed by atoms with E-state index in [9.17, 15) is 18.0 Å². The molecule has 1 N–H and O–H groups in total. The Morgan fingerprint density at radius 3 is 2.41 bits per heavy atom. The molecule has 1 aromatic rings. The lowest BCUT2D eigenvalue weighted by Gasteiger charge is -2.23. The summed E-state index contributed by atoms with van der Waals surface area (Å²) in [5, 5.41) is 2.61. The fraction of sp³-hybridized carbons (Fsp3) is 0.533. The Labute approximate surface area is 128 Å². The average molecular weight is 318 g/mol. The summed E-state index contributed by atoms with van der Waals surface area (Å²) in [5.74, 6) is -0.264. The van der Waals surface area contributed by atoms with Crippen LogP contribution in [0, 0.1) is 0 Å². The number of anilines is 1. The van der Waals surface area contributed by atoms with Crippen molar-refractivity contribution in [2.75, 3.05) is 32.6 Å². The number of rotatable bonds is 7. The van der Waals surface area contributed by atoms with Gasteiger partial charge in [-0.2, -0.15) is 13.2 Å². The SMILES string of the molecule is COCCCN(C)C(C)C(=O)Nc1ccc(C(F)(F)F)cc1. The molecule has 4 nitrogen and oxygen atoms in total. The Hall–Kier alpha value is -1.60. The second-order valence-electron chi connectivity index (χ2n) is 5.07. The number of hydrogen-bond acceptors (Lipinski definition) is 3. The second kappa shape index (κ2) is 8.14. The van der Waals surface area contributed by atoms with Crippen molar-refractivity contribution in [1.82, 2.24) is 4.90 Å². The quantitative estimate of drug-likeness (QED) is 0.786. The summed E-state index contributed by atoms with van der Waals surface area (Å²) in [6.45, 7) is 3.04. The monoisotopic (exact) mass is 318 g/mol. The van der Waals surface area contributed by atoms with Gasteiger partial charge in [0.2, 0.25) is 5.91 Å². The summed E-state index contributed by atoms with van der Waals surface area (Å²) >= 11 is 0. The van der Waals surface area contributed by atoms with Crippen LogP contribution in [-0.4, -0.2) is 44.2 Å². The molecule has 0 radical (unpaired) electrons. The number of carbonyl (C=O) groups excluding carboxylic acids is 1. The third-order valence-corrected chi connectivity index (χ3v) is 3.38. The number of alkyl halides is 3. The molecule has 0 aliphatic heterocycles. The van der Waals surface area contributed by atoms with Crippen LogP contribution >= 0.6 is 0 Å². The minimum Gasteiger partial charge on any atom is -0.385 e. The Balaban J connectivity index is 2.56. The van der Waals surface area contributed by atoms with Gasteiger partial charge >= 0.3 is 6.18 Å². The van der Waals surface area contributed by atoms with E-state index in [1.807, 2.05) is 11.9 Å². The maximum absolute atomic E-state index is 12.5. The maximum atomic E-state index is 12.5. The number of ether oxygens (including phenoxy) is 1. The van der Waals surface area contributed by atoms with Gasteiger partial charge in [0.1, 0.15) is 0 Å². The van der Waals surface area contributed by atoms with Crippen LogP contribution in [0.3, 0.4) is 0 Å². The van der Waals surface area contributed by atoms with Crippen LogP contribution in [-0.2, 0) is 15.7 Å². The standard InChI is InChI=1S/C15H21F3N2O2/c1-11(20(2)9-4-10-22-3)14(21)19-13-7-5-12(6-8-13)15(16,17)18/h5-8,11H,4,9-10H2,1-3H3,(H,19,21). The van der Waals surface area contributed by atoms with Crippen molar-refractivity contribution in [2.45, 2.75) is 25.6 Å². The molecular weight excluding hydrogens is 297 g/mol. The molecule has 7 heteroatoms. The fourth-order valence-electron chi connectivity index (χ4n) is 1.84. The molecule has 124 valence electrons. The van der Waals surface area contributed by atoms with Gasteiger partial charge in [-0.05, 0) is 44.7 Å². The number of methoxy groups -OCH3 is 1. The molecule has 22 heavy (non-hydrogen) atoms. The first kappa shape index (κ1) is 18.4. The van der Waals surface area contributed by atoms with E-state index in [0.29, 0.717) is 18.8 Å². The molecule has 1 aromatic carbocycles. The van der Waals surface area contributed by atoms with E-state index in [-0.39, 0.29) is 11.9 Å². The van der Waals surface area contributed by atoms with Crippen LogP contribution in [0.15, 0.2) is 24.3 Å². The first-order valence-corrected chi connectivity index (χ1v) is 6.93. The topological polar surface area (TPSA) is 41.6 Å². The lowest BCUT2D eigenvalue weighted by molar-refractivity contribution is -0.137. The van der Waals surface area contributed by atoms with Crippen molar-refractivity contribution in [3.05, 3.63) is 29.8 Å². The molecule has 0 aliphatic carbocycles. The zero-order valence-electron chi connectivity index (χ0n) is 12.9. The number of nitrogens with zero attached hydrogens (tertiary/aromatic N) is 1. The number of hydrogen-bond donors (Lipinski definition) is 1. The maximum Gasteiger partial charge on any atom is 0.416 e. The first-order chi connectivity index (χ1) is 10.3. The van der Waals surface area contributed by atoms with E-state index in [2.05, 4.69) is 5.32 Å². The first-order valence-electron chi connectivity index (χ1n) is 6.93. The molecule has 0 saturated heterocycles. The lowest BCUT2D eigenvalue weighted by atomic mass is 10.2. The molecule has 1 rings (SSSR count). The van der Waals surface area contributed by atoms with Crippen LogP contribution in [0.5, 0.6) is 0 Å². The number of benzene rings is 1. The van der Waals surface area contributed by atoms with Crippen LogP contribution in [0.2, 0.25) is 0 Å². The zero-order valence-corrected chi connectivity index (χ0v) is 12.9. The third-order valence-electron chi connectivity index (χ3n) is 3.38. The van der Waals surface area contributed by atoms with Crippen LogP contribution in [0.4, 0.5) is 18.9 Å². The molecule has 1 unspecified atom stereocenters. The molecule has 0 fully saturated rings. The van der Waals surface area contributed by atoms with E-state index in [4.69, 9.17) is 4.74 Å². The average Bonchev–Trinajstić information content (AvgIpc) is 2.46. The molecule has 0 aliphatic rings. The largest absolute Gasteiger partial charge is 0.416 e. The Bertz CT molecular complexity index is 475. The van der Waals surface area contributed by atoms with Crippen LogP contribution < -0.4 is 5.32 Å². The molecule has 0 bridgehead atoms. The van der Waals surface area contributed by atoms with Gasteiger partial charge in [-0.3, -0.25) is 9.69 Å². The Morgan fingerprint density at radius 2 is 1.91 bits per heavy atom. The molecule has 0 heterocycles. The summed E-state index contributed by atoms with van der Waals surface area (Å²) in [4.78, 5) is 13.9. The van der Waals surface area contributed by atoms with Gasteiger partial charge in [-0.25, -0.2) is 0 Å². The van der Waals surface area contributed by atoms with Crippen molar-refractivity contribution >= 4 is 11.6 Å². The predicted molar refractivity (Wildman–Crippen MR) is 78.7 cm³/mol. The highest BCUT2D eigenvalue weighted by Crippen LogP contribution is 2.29. The van der Waals surface area contributed by atoms with E-state index in [1.165, 1.54) is 12.1 Å². The molecule has 0 saturated carbocycles. The van der Waals surface area contributed by atoms with Crippen LogP contribution in [0.1, 0.15) is 18.9 Å². The van der Waals surface area contributed by atoms with E-state index < -0.39 is 11.7 Å². The minimum atomic E-state index is -4.38. The highest BCUT2D eigenvalue weighted by Gasteiger charge is 2.30. The van der Waals surface area contributed by atoms with Gasteiger partial charge in [-0.15, -0.1) is 0 Å². The molecular formula is C15H21F3N2O2. The van der Waals surface area contributed by atoms with Crippen molar-refractivity contribution in [1.29, 1.82) is 0 Å². The summed E-state index contributed by atoms with van der Waals surface area (Å²) in [5.41, 5.74) is -0.398. The van der Waals surface area contributed by atoms with Gasteiger partial charge in [0.15, 0.2) is 0 Å². The van der Waals surface area contributed by atoms with Gasteiger partial charge in [0.05, 0.1) is 11.6 Å². The summed E-state index contributed by atoms with van der Waals surface area (Å²) in [6, 6.07) is 4.00. The minimum absolute atomic E-state index is 0.264. The number of amides is 1.